The Morgan fingerprint density at radius 3 is 2.55 bits per heavy atom. The number of carbonyl (C=O) groups is 2. The van der Waals surface area contributed by atoms with Crippen LogP contribution in [-0.4, -0.2) is 65.4 Å². The van der Waals surface area contributed by atoms with Gasteiger partial charge in [0.1, 0.15) is 5.52 Å². The van der Waals surface area contributed by atoms with E-state index in [9.17, 15) is 9.59 Å². The molecule has 0 spiro atoms. The smallest absolute Gasteiger partial charge is 0.253 e. The first-order valence-electron chi connectivity index (χ1n) is 14.2. The number of fused-ring (bicyclic) bond motifs is 1. The standard InChI is InChI=1S/C31H40N4O3/c1-21-7-9-25(10-8-21)30-33-27-20-26(11-12-28(27)38-30)31(37)35-17-13-24(14-18-35)23(3)29(36)32-15-19-34-16-5-4-6-22(34)2/h7-12,20,22-24H,4-6,13-19H2,1-3H3,(H,32,36)/t22-,23-/m0/s1. The summed E-state index contributed by atoms with van der Waals surface area (Å²) in [5.74, 6) is 0.960. The van der Waals surface area contributed by atoms with Crippen molar-refractivity contribution in [2.24, 2.45) is 11.8 Å². The Bertz CT molecular complexity index is 1260. The van der Waals surface area contributed by atoms with Gasteiger partial charge in [-0.2, -0.15) is 0 Å². The number of aromatic nitrogens is 1. The van der Waals surface area contributed by atoms with Gasteiger partial charge < -0.3 is 14.6 Å². The van der Waals surface area contributed by atoms with Crippen LogP contribution < -0.4 is 5.32 Å². The van der Waals surface area contributed by atoms with Gasteiger partial charge in [-0.05, 0) is 82.3 Å². The molecule has 0 saturated carbocycles. The van der Waals surface area contributed by atoms with Crippen LogP contribution in [0.2, 0.25) is 0 Å². The molecular formula is C31H40N4O3. The zero-order valence-corrected chi connectivity index (χ0v) is 22.9. The number of amides is 2. The lowest BCUT2D eigenvalue weighted by atomic mass is 9.84. The molecule has 1 N–H and O–H groups in total. The molecule has 2 aliphatic heterocycles. The lowest BCUT2D eigenvalue weighted by Crippen LogP contribution is -2.45. The second kappa shape index (κ2) is 11.7. The van der Waals surface area contributed by atoms with E-state index < -0.39 is 0 Å². The fourth-order valence-corrected chi connectivity index (χ4v) is 5.85. The van der Waals surface area contributed by atoms with Crippen LogP contribution in [0.25, 0.3) is 22.6 Å². The van der Waals surface area contributed by atoms with Gasteiger partial charge in [0, 0.05) is 49.3 Å². The van der Waals surface area contributed by atoms with Gasteiger partial charge in [-0.3, -0.25) is 14.5 Å². The number of benzene rings is 2. The fourth-order valence-electron chi connectivity index (χ4n) is 5.85. The molecule has 0 aliphatic carbocycles. The van der Waals surface area contributed by atoms with Crippen LogP contribution in [0.1, 0.15) is 61.9 Å². The number of nitrogens with zero attached hydrogens (tertiary/aromatic N) is 3. The van der Waals surface area contributed by atoms with Gasteiger partial charge in [-0.25, -0.2) is 4.98 Å². The van der Waals surface area contributed by atoms with Crippen molar-refractivity contribution in [1.29, 1.82) is 0 Å². The van der Waals surface area contributed by atoms with E-state index in [1.54, 1.807) is 0 Å². The first-order valence-corrected chi connectivity index (χ1v) is 14.2. The van der Waals surface area contributed by atoms with E-state index >= 15 is 0 Å². The number of hydrogen-bond acceptors (Lipinski definition) is 5. The largest absolute Gasteiger partial charge is 0.436 e. The van der Waals surface area contributed by atoms with E-state index in [4.69, 9.17) is 4.42 Å². The van der Waals surface area contributed by atoms with Crippen LogP contribution in [0.5, 0.6) is 0 Å². The molecule has 1 aromatic heterocycles. The second-order valence-electron chi connectivity index (χ2n) is 11.2. The van der Waals surface area contributed by atoms with Gasteiger partial charge in [0.15, 0.2) is 5.58 Å². The Labute approximate surface area is 225 Å². The van der Waals surface area contributed by atoms with Gasteiger partial charge in [0.05, 0.1) is 0 Å². The minimum absolute atomic E-state index is 0.0120. The van der Waals surface area contributed by atoms with E-state index in [2.05, 4.69) is 22.1 Å². The van der Waals surface area contributed by atoms with E-state index in [-0.39, 0.29) is 17.7 Å². The molecule has 5 rings (SSSR count). The number of oxazole rings is 1. The first kappa shape index (κ1) is 26.4. The summed E-state index contributed by atoms with van der Waals surface area (Å²) in [7, 11) is 0. The molecule has 2 atom stereocenters. The van der Waals surface area contributed by atoms with E-state index in [0.717, 1.165) is 31.5 Å². The fraction of sp³-hybridized carbons (Fsp3) is 0.516. The topological polar surface area (TPSA) is 78.7 Å². The average Bonchev–Trinajstić information content (AvgIpc) is 3.37. The van der Waals surface area contributed by atoms with Gasteiger partial charge in [0.25, 0.3) is 5.91 Å². The Hall–Kier alpha value is -3.19. The Morgan fingerprint density at radius 2 is 1.82 bits per heavy atom. The maximum absolute atomic E-state index is 13.3. The average molecular weight is 517 g/mol. The normalized spacial score (nSPS) is 20.0. The van der Waals surface area contributed by atoms with Crippen molar-refractivity contribution >= 4 is 22.9 Å². The number of aryl methyl sites for hydroxylation is 1. The first-order chi connectivity index (χ1) is 18.4. The molecular weight excluding hydrogens is 476 g/mol. The Kier molecular flexibility index (Phi) is 8.12. The van der Waals surface area contributed by atoms with Crippen LogP contribution in [0.4, 0.5) is 0 Å². The highest BCUT2D eigenvalue weighted by atomic mass is 16.3. The quantitative estimate of drug-likeness (QED) is 0.462. The summed E-state index contributed by atoms with van der Waals surface area (Å²) in [5.41, 5.74) is 4.08. The summed E-state index contributed by atoms with van der Waals surface area (Å²) >= 11 is 0. The maximum atomic E-state index is 13.3. The molecule has 0 radical (unpaired) electrons. The van der Waals surface area contributed by atoms with Crippen molar-refractivity contribution in [3.05, 3.63) is 53.6 Å². The zero-order chi connectivity index (χ0) is 26.6. The number of likely N-dealkylation sites (tertiary alicyclic amines) is 2. The van der Waals surface area contributed by atoms with Gasteiger partial charge in [-0.1, -0.05) is 31.0 Å². The number of rotatable bonds is 7. The molecule has 202 valence electrons. The van der Waals surface area contributed by atoms with Crippen LogP contribution in [-0.2, 0) is 4.79 Å². The third-order valence-corrected chi connectivity index (χ3v) is 8.52. The van der Waals surface area contributed by atoms with Crippen molar-refractivity contribution in [2.45, 2.75) is 58.9 Å². The van der Waals surface area contributed by atoms with Crippen LogP contribution in [0.3, 0.4) is 0 Å². The number of nitrogens with one attached hydrogen (secondary N) is 1. The number of carbonyl (C=O) groups excluding carboxylic acids is 2. The van der Waals surface area contributed by atoms with Crippen LogP contribution in [0, 0.1) is 18.8 Å². The van der Waals surface area contributed by atoms with Crippen LogP contribution >= 0.6 is 0 Å². The maximum Gasteiger partial charge on any atom is 0.253 e. The number of hydrogen-bond donors (Lipinski definition) is 1. The molecule has 7 heteroatoms. The summed E-state index contributed by atoms with van der Waals surface area (Å²) in [6.07, 6.45) is 5.50. The molecule has 0 unspecified atom stereocenters. The highest BCUT2D eigenvalue weighted by molar-refractivity contribution is 5.97. The monoisotopic (exact) mass is 516 g/mol. The molecule has 0 bridgehead atoms. The van der Waals surface area contributed by atoms with Crippen molar-refractivity contribution in [3.63, 3.8) is 0 Å². The van der Waals surface area contributed by atoms with E-state index in [1.165, 1.54) is 24.8 Å². The van der Waals surface area contributed by atoms with Crippen LogP contribution in [0.15, 0.2) is 46.9 Å². The minimum atomic E-state index is -0.0438. The Morgan fingerprint density at radius 1 is 1.05 bits per heavy atom. The van der Waals surface area contributed by atoms with Gasteiger partial charge in [0.2, 0.25) is 11.8 Å². The summed E-state index contributed by atoms with van der Waals surface area (Å²) in [5, 5.41) is 3.16. The highest BCUT2D eigenvalue weighted by Gasteiger charge is 2.30. The van der Waals surface area contributed by atoms with Crippen molar-refractivity contribution in [2.75, 3.05) is 32.7 Å². The predicted octanol–water partition coefficient (Wildman–Crippen LogP) is 5.28. The van der Waals surface area contributed by atoms with Gasteiger partial charge in [-0.15, -0.1) is 0 Å². The zero-order valence-electron chi connectivity index (χ0n) is 22.9. The highest BCUT2D eigenvalue weighted by Crippen LogP contribution is 2.28. The molecule has 2 fully saturated rings. The summed E-state index contributed by atoms with van der Waals surface area (Å²) < 4.78 is 5.93. The molecule has 3 aromatic rings. The summed E-state index contributed by atoms with van der Waals surface area (Å²) in [6, 6.07) is 14.1. The molecule has 2 aromatic carbocycles. The molecule has 38 heavy (non-hydrogen) atoms. The predicted molar refractivity (Wildman–Crippen MR) is 150 cm³/mol. The van der Waals surface area contributed by atoms with Crippen molar-refractivity contribution in [1.82, 2.24) is 20.1 Å². The number of piperidine rings is 2. The second-order valence-corrected chi connectivity index (χ2v) is 11.2. The van der Waals surface area contributed by atoms with Crippen molar-refractivity contribution < 1.29 is 14.0 Å². The summed E-state index contributed by atoms with van der Waals surface area (Å²) in [4.78, 5) is 35.1. The molecule has 7 nitrogen and oxygen atoms in total. The third kappa shape index (κ3) is 5.93. The van der Waals surface area contributed by atoms with E-state index in [0.29, 0.717) is 54.1 Å². The van der Waals surface area contributed by atoms with Crippen molar-refractivity contribution in [3.8, 4) is 11.5 Å². The third-order valence-electron chi connectivity index (χ3n) is 8.52. The van der Waals surface area contributed by atoms with E-state index in [1.807, 2.05) is 61.2 Å². The lowest BCUT2D eigenvalue weighted by Gasteiger charge is -2.35. The molecule has 3 heterocycles. The molecule has 2 aliphatic rings. The molecule has 2 saturated heterocycles. The lowest BCUT2D eigenvalue weighted by molar-refractivity contribution is -0.126. The molecule has 2 amide bonds. The Balaban J connectivity index is 1.13. The SMILES string of the molecule is Cc1ccc(-c2nc3cc(C(=O)N4CCC([C@H](C)C(=O)NCCN5CCCC[C@@H]5C)CC4)ccc3o2)cc1. The minimum Gasteiger partial charge on any atom is -0.436 e. The summed E-state index contributed by atoms with van der Waals surface area (Å²) in [6.45, 7) is 10.5. The van der Waals surface area contributed by atoms with Gasteiger partial charge >= 0.3 is 0 Å².